The Morgan fingerprint density at radius 1 is 1.05 bits per heavy atom. The van der Waals surface area contributed by atoms with Crippen molar-refractivity contribution in [2.45, 2.75) is 0 Å². The highest BCUT2D eigenvalue weighted by atomic mass is 32.1. The molecule has 3 heterocycles. The lowest BCUT2D eigenvalue weighted by atomic mass is 10.0. The quantitative estimate of drug-likeness (QED) is 0.855. The summed E-state index contributed by atoms with van der Waals surface area (Å²) in [5, 5.41) is 1.91. The van der Waals surface area contributed by atoms with Crippen molar-refractivity contribution >= 4 is 28.8 Å². The number of anilines is 1. The van der Waals surface area contributed by atoms with Gasteiger partial charge in [-0.1, -0.05) is 24.3 Å². The van der Waals surface area contributed by atoms with E-state index in [1.165, 1.54) is 11.3 Å². The van der Waals surface area contributed by atoms with Crippen LogP contribution in [-0.2, 0) is 4.79 Å². The Kier molecular flexibility index (Phi) is 3.22. The highest BCUT2D eigenvalue weighted by molar-refractivity contribution is 7.12. The van der Waals surface area contributed by atoms with E-state index in [0.717, 1.165) is 10.6 Å². The zero-order valence-corrected chi connectivity index (χ0v) is 12.8. The molecule has 0 bridgehead atoms. The van der Waals surface area contributed by atoms with E-state index in [4.69, 9.17) is 0 Å². The molecular formula is C17H16N2O2S. The van der Waals surface area contributed by atoms with E-state index in [9.17, 15) is 9.59 Å². The molecule has 2 fully saturated rings. The van der Waals surface area contributed by atoms with Crippen LogP contribution in [-0.4, -0.2) is 36.3 Å². The predicted octanol–water partition coefficient (Wildman–Crippen LogP) is 2.48. The molecule has 4 rings (SSSR count). The molecule has 0 unspecified atom stereocenters. The summed E-state index contributed by atoms with van der Waals surface area (Å²) >= 11 is 1.46. The van der Waals surface area contributed by atoms with Crippen LogP contribution in [0.25, 0.3) is 0 Å². The van der Waals surface area contributed by atoms with Crippen molar-refractivity contribution in [1.29, 1.82) is 0 Å². The van der Waals surface area contributed by atoms with Gasteiger partial charge in [0.2, 0.25) is 5.91 Å². The third kappa shape index (κ3) is 2.13. The van der Waals surface area contributed by atoms with E-state index in [2.05, 4.69) is 0 Å². The molecule has 2 aromatic rings. The first-order chi connectivity index (χ1) is 10.7. The van der Waals surface area contributed by atoms with Crippen molar-refractivity contribution in [2.24, 2.45) is 11.8 Å². The van der Waals surface area contributed by atoms with Crippen LogP contribution in [0, 0.1) is 11.8 Å². The summed E-state index contributed by atoms with van der Waals surface area (Å²) < 4.78 is 0. The molecule has 22 heavy (non-hydrogen) atoms. The van der Waals surface area contributed by atoms with E-state index >= 15 is 0 Å². The van der Waals surface area contributed by atoms with Crippen LogP contribution in [0.5, 0.6) is 0 Å². The van der Waals surface area contributed by atoms with Crippen molar-refractivity contribution in [2.75, 3.05) is 24.5 Å². The SMILES string of the molecule is O=C(c1cccs1)N1C[C@H]2CN(c3ccccc3)C(=O)[C@H]2C1. The highest BCUT2D eigenvalue weighted by Gasteiger charge is 2.47. The van der Waals surface area contributed by atoms with Crippen molar-refractivity contribution in [3.63, 3.8) is 0 Å². The molecule has 2 aliphatic rings. The topological polar surface area (TPSA) is 40.6 Å². The molecule has 5 heteroatoms. The minimum atomic E-state index is -0.0517. The molecular weight excluding hydrogens is 296 g/mol. The molecule has 0 spiro atoms. The van der Waals surface area contributed by atoms with E-state index in [1.807, 2.05) is 57.6 Å². The van der Waals surface area contributed by atoms with Gasteiger partial charge in [0, 0.05) is 31.2 Å². The van der Waals surface area contributed by atoms with E-state index in [-0.39, 0.29) is 23.7 Å². The van der Waals surface area contributed by atoms with E-state index < -0.39 is 0 Å². The summed E-state index contributed by atoms with van der Waals surface area (Å²) in [6, 6.07) is 13.5. The molecule has 4 nitrogen and oxygen atoms in total. The van der Waals surface area contributed by atoms with Gasteiger partial charge in [0.25, 0.3) is 5.91 Å². The van der Waals surface area contributed by atoms with Gasteiger partial charge in [-0.25, -0.2) is 0 Å². The van der Waals surface area contributed by atoms with E-state index in [0.29, 0.717) is 19.6 Å². The fraction of sp³-hybridized carbons (Fsp3) is 0.294. The molecule has 1 aromatic carbocycles. The fourth-order valence-electron chi connectivity index (χ4n) is 3.42. The van der Waals surface area contributed by atoms with Crippen molar-refractivity contribution in [1.82, 2.24) is 4.90 Å². The maximum absolute atomic E-state index is 12.6. The van der Waals surface area contributed by atoms with Crippen LogP contribution < -0.4 is 4.90 Å². The molecule has 112 valence electrons. The van der Waals surface area contributed by atoms with Gasteiger partial charge in [-0.2, -0.15) is 0 Å². The number of thiophene rings is 1. The van der Waals surface area contributed by atoms with Gasteiger partial charge in [-0.15, -0.1) is 11.3 Å². The van der Waals surface area contributed by atoms with Gasteiger partial charge in [-0.3, -0.25) is 9.59 Å². The normalized spacial score (nSPS) is 23.9. The number of rotatable bonds is 2. The summed E-state index contributed by atoms with van der Waals surface area (Å²) in [5.74, 6) is 0.405. The Labute approximate surface area is 133 Å². The third-order valence-corrected chi connectivity index (χ3v) is 5.39. The summed E-state index contributed by atoms with van der Waals surface area (Å²) in [5.41, 5.74) is 0.957. The van der Waals surface area contributed by atoms with Crippen LogP contribution >= 0.6 is 11.3 Å². The number of hydrogen-bond acceptors (Lipinski definition) is 3. The van der Waals surface area contributed by atoms with Crippen LogP contribution in [0.4, 0.5) is 5.69 Å². The number of nitrogens with zero attached hydrogens (tertiary/aromatic N) is 2. The zero-order valence-electron chi connectivity index (χ0n) is 12.0. The first kappa shape index (κ1) is 13.5. The molecule has 1 aromatic heterocycles. The maximum Gasteiger partial charge on any atom is 0.263 e. The largest absolute Gasteiger partial charge is 0.337 e. The standard InChI is InChI=1S/C17H16N2O2S/c20-16-14-11-18(17(21)15-7-4-8-22-15)9-12(14)10-19(16)13-5-2-1-3-6-13/h1-8,12,14H,9-11H2/t12-,14-/m0/s1. The number of carbonyl (C=O) groups excluding carboxylic acids is 2. The molecule has 2 atom stereocenters. The van der Waals surface area contributed by atoms with Crippen LogP contribution in [0.1, 0.15) is 9.67 Å². The van der Waals surface area contributed by atoms with Gasteiger partial charge in [-0.05, 0) is 23.6 Å². The number of hydrogen-bond donors (Lipinski definition) is 0. The monoisotopic (exact) mass is 312 g/mol. The molecule has 0 N–H and O–H groups in total. The number of carbonyl (C=O) groups is 2. The summed E-state index contributed by atoms with van der Waals surface area (Å²) in [6.45, 7) is 1.93. The van der Waals surface area contributed by atoms with Gasteiger partial charge in [0.1, 0.15) is 0 Å². The average molecular weight is 312 g/mol. The first-order valence-electron chi connectivity index (χ1n) is 7.43. The summed E-state index contributed by atoms with van der Waals surface area (Å²) in [7, 11) is 0. The number of fused-ring (bicyclic) bond motifs is 1. The van der Waals surface area contributed by atoms with Crippen LogP contribution in [0.3, 0.4) is 0 Å². The van der Waals surface area contributed by atoms with Gasteiger partial charge in [0.05, 0.1) is 10.8 Å². The van der Waals surface area contributed by atoms with Gasteiger partial charge >= 0.3 is 0 Å². The number of likely N-dealkylation sites (tertiary alicyclic amines) is 1. The third-order valence-electron chi connectivity index (χ3n) is 4.53. The van der Waals surface area contributed by atoms with Crippen molar-refractivity contribution in [3.8, 4) is 0 Å². The lowest BCUT2D eigenvalue weighted by Gasteiger charge is -2.21. The van der Waals surface area contributed by atoms with Crippen LogP contribution in [0.15, 0.2) is 47.8 Å². The summed E-state index contributed by atoms with van der Waals surface area (Å²) in [6.07, 6.45) is 0. The van der Waals surface area contributed by atoms with Gasteiger partial charge < -0.3 is 9.80 Å². The Morgan fingerprint density at radius 3 is 2.55 bits per heavy atom. The predicted molar refractivity (Wildman–Crippen MR) is 86.0 cm³/mol. The smallest absolute Gasteiger partial charge is 0.263 e. The Bertz CT molecular complexity index is 699. The number of para-hydroxylation sites is 1. The van der Waals surface area contributed by atoms with Crippen molar-refractivity contribution < 1.29 is 9.59 Å². The molecule has 2 amide bonds. The zero-order chi connectivity index (χ0) is 15.1. The number of amides is 2. The fourth-order valence-corrected chi connectivity index (χ4v) is 4.11. The second-order valence-corrected chi connectivity index (χ2v) is 6.79. The lowest BCUT2D eigenvalue weighted by Crippen LogP contribution is -2.35. The molecule has 0 aliphatic carbocycles. The van der Waals surface area contributed by atoms with Crippen LogP contribution in [0.2, 0.25) is 0 Å². The minimum absolute atomic E-state index is 0.0517. The molecule has 2 saturated heterocycles. The summed E-state index contributed by atoms with van der Waals surface area (Å²) in [4.78, 5) is 29.5. The molecule has 0 saturated carbocycles. The Balaban J connectivity index is 1.50. The van der Waals surface area contributed by atoms with Crippen molar-refractivity contribution in [3.05, 3.63) is 52.7 Å². The Hall–Kier alpha value is -2.14. The van der Waals surface area contributed by atoms with E-state index in [1.54, 1.807) is 0 Å². The minimum Gasteiger partial charge on any atom is -0.337 e. The number of benzene rings is 1. The average Bonchev–Trinajstić information content (AvgIpc) is 3.25. The highest BCUT2D eigenvalue weighted by Crippen LogP contribution is 2.35. The second-order valence-electron chi connectivity index (χ2n) is 5.84. The lowest BCUT2D eigenvalue weighted by molar-refractivity contribution is -0.120. The second kappa shape index (κ2) is 5.25. The first-order valence-corrected chi connectivity index (χ1v) is 8.31. The maximum atomic E-state index is 12.6. The Morgan fingerprint density at radius 2 is 1.86 bits per heavy atom. The molecule has 2 aliphatic heterocycles. The van der Waals surface area contributed by atoms with Gasteiger partial charge in [0.15, 0.2) is 0 Å². The molecule has 0 radical (unpaired) electrons.